The van der Waals surface area contributed by atoms with Gasteiger partial charge in [0.25, 0.3) is 0 Å². The van der Waals surface area contributed by atoms with E-state index < -0.39 is 0 Å². The predicted octanol–water partition coefficient (Wildman–Crippen LogP) is 6.92. The smallest absolute Gasteiger partial charge is 0.170 e. The van der Waals surface area contributed by atoms with Gasteiger partial charge in [0.05, 0.1) is 34.2 Å². The minimum Gasteiger partial charge on any atom is -0.341 e. The normalized spacial score (nSPS) is 23.2. The molecule has 5 aromatic rings. The summed E-state index contributed by atoms with van der Waals surface area (Å²) in [4.78, 5) is 31.3. The highest BCUT2D eigenvalue weighted by molar-refractivity contribution is 6.12. The molecule has 0 unspecified atom stereocenters. The summed E-state index contributed by atoms with van der Waals surface area (Å²) in [5.74, 6) is 2.40. The molecule has 2 atom stereocenters. The van der Waals surface area contributed by atoms with Crippen LogP contribution in [0.15, 0.2) is 48.5 Å². The van der Waals surface area contributed by atoms with Gasteiger partial charge in [-0.2, -0.15) is 0 Å². The van der Waals surface area contributed by atoms with Crippen LogP contribution in [-0.4, -0.2) is 38.8 Å². The van der Waals surface area contributed by atoms with Gasteiger partial charge in [0.15, 0.2) is 5.78 Å². The van der Waals surface area contributed by atoms with Crippen molar-refractivity contribution in [2.75, 3.05) is 13.1 Å². The van der Waals surface area contributed by atoms with Crippen molar-refractivity contribution in [3.63, 3.8) is 0 Å². The molecule has 3 aromatic carbocycles. The second-order valence-electron chi connectivity index (χ2n) is 13.0. The van der Waals surface area contributed by atoms with Gasteiger partial charge in [-0.1, -0.05) is 37.1 Å². The van der Waals surface area contributed by atoms with Crippen LogP contribution in [0.5, 0.6) is 0 Å². The van der Waals surface area contributed by atoms with Crippen LogP contribution in [-0.2, 0) is 6.42 Å². The average molecular weight is 557 g/mol. The first-order valence-corrected chi connectivity index (χ1v) is 15.8. The molecule has 3 fully saturated rings. The summed E-state index contributed by atoms with van der Waals surface area (Å²) >= 11 is 0. The van der Waals surface area contributed by atoms with Crippen molar-refractivity contribution in [1.29, 1.82) is 0 Å². The molecule has 0 amide bonds. The van der Waals surface area contributed by atoms with Crippen LogP contribution in [0.2, 0.25) is 0 Å². The topological polar surface area (TPSA) is 98.5 Å². The molecule has 0 bridgehead atoms. The van der Waals surface area contributed by atoms with Gasteiger partial charge in [-0.3, -0.25) is 4.79 Å². The van der Waals surface area contributed by atoms with Crippen LogP contribution in [0.3, 0.4) is 0 Å². The molecule has 2 aliphatic carbocycles. The number of fused-ring (bicyclic) bond motifs is 3. The van der Waals surface area contributed by atoms with Crippen LogP contribution in [0.25, 0.3) is 44.3 Å². The minimum atomic E-state index is -0.244. The molecule has 9 rings (SSSR count). The number of rotatable bonds is 4. The number of ketones is 1. The molecule has 1 saturated carbocycles. The van der Waals surface area contributed by atoms with Crippen LogP contribution in [0.1, 0.15) is 91.0 Å². The van der Waals surface area contributed by atoms with E-state index in [0.717, 1.165) is 114 Å². The fourth-order valence-electron chi connectivity index (χ4n) is 8.30. The van der Waals surface area contributed by atoms with Crippen molar-refractivity contribution in [2.24, 2.45) is 5.41 Å². The molecular weight excluding hydrogens is 520 g/mol. The number of aromatic nitrogens is 4. The maximum Gasteiger partial charge on any atom is 0.170 e. The number of aromatic amines is 2. The van der Waals surface area contributed by atoms with Crippen LogP contribution >= 0.6 is 0 Å². The lowest BCUT2D eigenvalue weighted by Gasteiger charge is -2.20. The number of hydrogen-bond acceptors (Lipinski definition) is 5. The van der Waals surface area contributed by atoms with Gasteiger partial charge in [0, 0.05) is 11.0 Å². The molecule has 2 aliphatic heterocycles. The Hall–Kier alpha value is -3.81. The Bertz CT molecular complexity index is 1860. The molecule has 4 N–H and O–H groups in total. The van der Waals surface area contributed by atoms with Gasteiger partial charge in [-0.25, -0.2) is 9.97 Å². The van der Waals surface area contributed by atoms with Crippen molar-refractivity contribution in [2.45, 2.75) is 69.9 Å². The van der Waals surface area contributed by atoms with E-state index in [2.05, 4.69) is 69.1 Å². The molecule has 1 spiro atoms. The molecule has 212 valence electrons. The summed E-state index contributed by atoms with van der Waals surface area (Å²) in [5, 5.41) is 7.10. The van der Waals surface area contributed by atoms with E-state index in [9.17, 15) is 4.79 Å². The highest BCUT2D eigenvalue weighted by Crippen LogP contribution is 2.53. The number of carbonyl (C=O) groups is 1. The second kappa shape index (κ2) is 9.35. The SMILES string of the molecule is O=C1c2c(-c3ccc4nc([C@@H]5CCCN5)[nH]c4c3)ccc(-c3ccc4nc([C@@H]5CCCN5)[nH]c4c3)c2CC12CCCC2. The van der Waals surface area contributed by atoms with Gasteiger partial charge < -0.3 is 20.6 Å². The highest BCUT2D eigenvalue weighted by Gasteiger charge is 2.48. The molecule has 4 heterocycles. The Morgan fingerprint density at radius 2 is 1.26 bits per heavy atom. The maximum absolute atomic E-state index is 14.4. The molecule has 7 heteroatoms. The number of hydrogen-bond donors (Lipinski definition) is 4. The summed E-state index contributed by atoms with van der Waals surface area (Å²) in [6, 6.07) is 18.0. The molecular formula is C35H36N6O. The molecule has 0 radical (unpaired) electrons. The Labute approximate surface area is 244 Å². The quantitative estimate of drug-likeness (QED) is 0.193. The summed E-state index contributed by atoms with van der Waals surface area (Å²) in [5.41, 5.74) is 10.5. The molecule has 7 nitrogen and oxygen atoms in total. The third-order valence-corrected chi connectivity index (χ3v) is 10.5. The second-order valence-corrected chi connectivity index (χ2v) is 13.0. The van der Waals surface area contributed by atoms with Gasteiger partial charge in [-0.15, -0.1) is 0 Å². The zero-order chi connectivity index (χ0) is 27.8. The first kappa shape index (κ1) is 24.8. The number of carbonyl (C=O) groups excluding carboxylic acids is 1. The predicted molar refractivity (Wildman–Crippen MR) is 166 cm³/mol. The van der Waals surface area contributed by atoms with E-state index in [-0.39, 0.29) is 5.41 Å². The van der Waals surface area contributed by atoms with Gasteiger partial charge in [-0.05, 0) is 110 Å². The number of imidazole rings is 2. The van der Waals surface area contributed by atoms with Crippen LogP contribution < -0.4 is 10.6 Å². The van der Waals surface area contributed by atoms with E-state index in [1.165, 1.54) is 24.0 Å². The Balaban J connectivity index is 1.16. The number of nitrogens with one attached hydrogen (secondary N) is 4. The highest BCUT2D eigenvalue weighted by atomic mass is 16.1. The lowest BCUT2D eigenvalue weighted by Crippen LogP contribution is -2.24. The zero-order valence-corrected chi connectivity index (χ0v) is 23.9. The number of nitrogens with zero attached hydrogens (tertiary/aromatic N) is 2. The average Bonchev–Trinajstić information content (AvgIpc) is 3.86. The summed E-state index contributed by atoms with van der Waals surface area (Å²) in [6.07, 6.45) is 9.71. The maximum atomic E-state index is 14.4. The third-order valence-electron chi connectivity index (χ3n) is 10.5. The van der Waals surface area contributed by atoms with E-state index in [1.54, 1.807) is 0 Å². The number of H-pyrrole nitrogens is 2. The largest absolute Gasteiger partial charge is 0.341 e. The van der Waals surface area contributed by atoms with Crippen molar-refractivity contribution < 1.29 is 4.79 Å². The first-order chi connectivity index (χ1) is 20.6. The standard InChI is InChI=1S/C35H36N6O/c42-32-31-23(21-8-12-26-30(18-21)41-34(39-26)28-6-4-16-37-28)10-9-22(24(31)19-35(32)13-1-2-14-35)20-7-11-25-29(17-20)40-33(38-25)27-5-3-15-36-27/h7-12,17-18,27-28,36-37H,1-6,13-16,19H2,(H,38,40)(H,39,41)/t27-,28-/m0/s1. The lowest BCUT2D eigenvalue weighted by molar-refractivity contribution is 0.0827. The molecule has 42 heavy (non-hydrogen) atoms. The molecule has 2 aromatic heterocycles. The summed E-state index contributed by atoms with van der Waals surface area (Å²) in [7, 11) is 0. The third kappa shape index (κ3) is 3.76. The number of Topliss-reactive ketones (excluding diaryl/α,β-unsaturated/α-hetero) is 1. The fraction of sp³-hybridized carbons (Fsp3) is 0.400. The Morgan fingerprint density at radius 3 is 1.83 bits per heavy atom. The molecule has 2 saturated heterocycles. The van der Waals surface area contributed by atoms with Gasteiger partial charge in [0.1, 0.15) is 11.6 Å². The first-order valence-electron chi connectivity index (χ1n) is 15.8. The van der Waals surface area contributed by atoms with E-state index in [4.69, 9.17) is 9.97 Å². The van der Waals surface area contributed by atoms with Crippen LogP contribution in [0.4, 0.5) is 0 Å². The van der Waals surface area contributed by atoms with Crippen molar-refractivity contribution >= 4 is 27.9 Å². The number of benzene rings is 3. The van der Waals surface area contributed by atoms with Crippen molar-refractivity contribution in [3.8, 4) is 22.3 Å². The zero-order valence-electron chi connectivity index (χ0n) is 23.9. The van der Waals surface area contributed by atoms with Gasteiger partial charge in [0.2, 0.25) is 0 Å². The summed E-state index contributed by atoms with van der Waals surface area (Å²) < 4.78 is 0. The van der Waals surface area contributed by atoms with Crippen molar-refractivity contribution in [3.05, 3.63) is 71.3 Å². The van der Waals surface area contributed by atoms with Gasteiger partial charge >= 0.3 is 0 Å². The Kier molecular flexibility index (Phi) is 5.51. The monoisotopic (exact) mass is 556 g/mol. The van der Waals surface area contributed by atoms with Crippen molar-refractivity contribution in [1.82, 2.24) is 30.6 Å². The van der Waals surface area contributed by atoms with E-state index >= 15 is 0 Å². The lowest BCUT2D eigenvalue weighted by atomic mass is 9.81. The molecule has 4 aliphatic rings. The van der Waals surface area contributed by atoms with Crippen LogP contribution in [0, 0.1) is 5.41 Å². The fourth-order valence-corrected chi connectivity index (χ4v) is 8.30. The Morgan fingerprint density at radius 1 is 0.690 bits per heavy atom. The minimum absolute atomic E-state index is 0.244. The summed E-state index contributed by atoms with van der Waals surface area (Å²) in [6.45, 7) is 2.09. The van der Waals surface area contributed by atoms with E-state index in [0.29, 0.717) is 17.9 Å². The van der Waals surface area contributed by atoms with E-state index in [1.807, 2.05) is 0 Å².